The summed E-state index contributed by atoms with van der Waals surface area (Å²) in [7, 11) is 0. The van der Waals surface area contributed by atoms with Crippen molar-refractivity contribution in [3.63, 3.8) is 0 Å². The summed E-state index contributed by atoms with van der Waals surface area (Å²) in [5.41, 5.74) is -5.95. The first kappa shape index (κ1) is 22.0. The summed E-state index contributed by atoms with van der Waals surface area (Å²) in [4.78, 5) is 11.6. The number of alkyl halides is 6. The fourth-order valence-electron chi connectivity index (χ4n) is 4.01. The van der Waals surface area contributed by atoms with Crippen molar-refractivity contribution in [1.29, 1.82) is 0 Å². The molecule has 0 aromatic carbocycles. The number of rotatable bonds is 6. The molecule has 4 nitrogen and oxygen atoms in total. The summed E-state index contributed by atoms with van der Waals surface area (Å²) in [6, 6.07) is 0. The van der Waals surface area contributed by atoms with Gasteiger partial charge in [-0.15, -0.1) is 0 Å². The van der Waals surface area contributed by atoms with Crippen LogP contribution in [-0.4, -0.2) is 47.3 Å². The Labute approximate surface area is 152 Å². The number of fused-ring (bicyclic) bond motifs is 2. The number of ether oxygens (including phenoxy) is 2. The zero-order valence-corrected chi connectivity index (χ0v) is 14.9. The van der Waals surface area contributed by atoms with E-state index in [4.69, 9.17) is 9.47 Å². The lowest BCUT2D eigenvalue weighted by Gasteiger charge is -2.42. The minimum atomic E-state index is -5.92. The highest BCUT2D eigenvalue weighted by Crippen LogP contribution is 2.56. The van der Waals surface area contributed by atoms with Gasteiger partial charge in [0.1, 0.15) is 6.10 Å². The molecular formula is C17H22F6O4. The molecule has 2 fully saturated rings. The Morgan fingerprint density at radius 3 is 2.11 bits per heavy atom. The molecule has 0 aromatic heterocycles. The van der Waals surface area contributed by atoms with E-state index in [1.165, 1.54) is 6.92 Å². The molecule has 0 amide bonds. The number of aliphatic hydroxyl groups is 1. The second-order valence-electron chi connectivity index (χ2n) is 7.42. The molecule has 4 unspecified atom stereocenters. The fourth-order valence-corrected chi connectivity index (χ4v) is 4.01. The standard InChI is InChI=1S/C17H22F6O4/c1-4-14(26-8-15(25,16(18,19)20)17(21,22)23)7-10-5-11(14)6-12(10)27-13(24)9(2)3/h10-12,25H,2,4-8H2,1,3H3. The van der Waals surface area contributed by atoms with Crippen molar-refractivity contribution in [1.82, 2.24) is 0 Å². The van der Waals surface area contributed by atoms with Gasteiger partial charge in [0.15, 0.2) is 0 Å². The molecule has 0 saturated heterocycles. The molecular weight excluding hydrogens is 382 g/mol. The summed E-state index contributed by atoms with van der Waals surface area (Å²) in [5, 5.41) is 9.30. The maximum Gasteiger partial charge on any atom is 0.428 e. The first-order valence-electron chi connectivity index (χ1n) is 8.53. The van der Waals surface area contributed by atoms with Crippen molar-refractivity contribution in [2.75, 3.05) is 6.61 Å². The van der Waals surface area contributed by atoms with Crippen molar-refractivity contribution in [3.05, 3.63) is 12.2 Å². The molecule has 0 aromatic rings. The third kappa shape index (κ3) is 3.83. The van der Waals surface area contributed by atoms with Gasteiger partial charge >= 0.3 is 18.3 Å². The molecule has 1 N–H and O–H groups in total. The fraction of sp³-hybridized carbons (Fsp3) is 0.824. The summed E-state index contributed by atoms with van der Waals surface area (Å²) in [5.74, 6) is -1.16. The van der Waals surface area contributed by atoms with Crippen LogP contribution in [0.2, 0.25) is 0 Å². The van der Waals surface area contributed by atoms with Gasteiger partial charge in [0.05, 0.1) is 12.2 Å². The van der Waals surface area contributed by atoms with Crippen molar-refractivity contribution < 1.29 is 45.7 Å². The third-order valence-electron chi connectivity index (χ3n) is 5.69. The molecule has 4 atom stereocenters. The lowest BCUT2D eigenvalue weighted by atomic mass is 9.80. The van der Waals surface area contributed by atoms with Gasteiger partial charge < -0.3 is 14.6 Å². The molecule has 0 spiro atoms. The van der Waals surface area contributed by atoms with Gasteiger partial charge in [-0.1, -0.05) is 13.5 Å². The van der Waals surface area contributed by atoms with E-state index < -0.39 is 42.2 Å². The summed E-state index contributed by atoms with van der Waals surface area (Å²) < 4.78 is 87.6. The van der Waals surface area contributed by atoms with Crippen LogP contribution < -0.4 is 0 Å². The number of halogens is 6. The molecule has 2 saturated carbocycles. The Morgan fingerprint density at radius 1 is 1.19 bits per heavy atom. The molecule has 156 valence electrons. The lowest BCUT2D eigenvalue weighted by molar-refractivity contribution is -0.384. The summed E-state index contributed by atoms with van der Waals surface area (Å²) in [6.45, 7) is 4.63. The first-order chi connectivity index (χ1) is 12.2. The van der Waals surface area contributed by atoms with Crippen LogP contribution in [0.15, 0.2) is 12.2 Å². The average Bonchev–Trinajstić information content (AvgIpc) is 3.08. The highest BCUT2D eigenvalue weighted by atomic mass is 19.4. The third-order valence-corrected chi connectivity index (χ3v) is 5.69. The van der Waals surface area contributed by atoms with Gasteiger partial charge in [0.25, 0.3) is 5.60 Å². The minimum absolute atomic E-state index is 0.161. The van der Waals surface area contributed by atoms with Crippen LogP contribution in [0, 0.1) is 11.8 Å². The molecule has 0 heterocycles. The van der Waals surface area contributed by atoms with Gasteiger partial charge in [-0.2, -0.15) is 26.3 Å². The Bertz CT molecular complexity index is 585. The number of hydrogen-bond donors (Lipinski definition) is 1. The largest absolute Gasteiger partial charge is 0.459 e. The smallest absolute Gasteiger partial charge is 0.428 e. The number of carbonyl (C=O) groups is 1. The van der Waals surface area contributed by atoms with Crippen molar-refractivity contribution in [2.24, 2.45) is 11.8 Å². The van der Waals surface area contributed by atoms with Crippen LogP contribution >= 0.6 is 0 Å². The summed E-state index contributed by atoms with van der Waals surface area (Å²) >= 11 is 0. The molecule has 2 rings (SSSR count). The number of hydrogen-bond acceptors (Lipinski definition) is 4. The Balaban J connectivity index is 2.11. The molecule has 10 heteroatoms. The summed E-state index contributed by atoms with van der Waals surface area (Å²) in [6.07, 6.45) is -11.2. The Morgan fingerprint density at radius 2 is 1.74 bits per heavy atom. The number of esters is 1. The van der Waals surface area contributed by atoms with E-state index in [1.807, 2.05) is 0 Å². The SMILES string of the molecule is C=C(C)C(=O)OC1CC2CC1CC2(CC)OCC(O)(C(F)(F)F)C(F)(F)F. The van der Waals surface area contributed by atoms with Gasteiger partial charge in [-0.05, 0) is 44.4 Å². The normalized spacial score (nSPS) is 31.2. The van der Waals surface area contributed by atoms with Crippen LogP contribution in [0.3, 0.4) is 0 Å². The second kappa shape index (κ2) is 6.95. The van der Waals surface area contributed by atoms with E-state index >= 15 is 0 Å². The van der Waals surface area contributed by atoms with Crippen LogP contribution in [0.5, 0.6) is 0 Å². The molecule has 0 aliphatic heterocycles. The quantitative estimate of drug-likeness (QED) is 0.414. The predicted molar refractivity (Wildman–Crippen MR) is 81.6 cm³/mol. The molecule has 2 aliphatic carbocycles. The zero-order chi connectivity index (χ0) is 20.8. The molecule has 27 heavy (non-hydrogen) atoms. The average molecular weight is 404 g/mol. The molecule has 0 radical (unpaired) electrons. The Hall–Kier alpha value is -1.29. The second-order valence-corrected chi connectivity index (χ2v) is 7.42. The van der Waals surface area contributed by atoms with Crippen molar-refractivity contribution >= 4 is 5.97 Å². The van der Waals surface area contributed by atoms with Gasteiger partial charge in [0.2, 0.25) is 0 Å². The van der Waals surface area contributed by atoms with E-state index in [-0.39, 0.29) is 36.7 Å². The van der Waals surface area contributed by atoms with E-state index in [0.29, 0.717) is 6.42 Å². The predicted octanol–water partition coefficient (Wildman–Crippen LogP) is 3.93. The van der Waals surface area contributed by atoms with Crippen molar-refractivity contribution in [2.45, 2.75) is 69.2 Å². The van der Waals surface area contributed by atoms with Gasteiger partial charge in [0, 0.05) is 5.57 Å². The zero-order valence-electron chi connectivity index (χ0n) is 14.9. The van der Waals surface area contributed by atoms with Crippen LogP contribution in [0.25, 0.3) is 0 Å². The monoisotopic (exact) mass is 404 g/mol. The molecule has 2 aliphatic rings. The highest BCUT2D eigenvalue weighted by molar-refractivity contribution is 5.87. The lowest BCUT2D eigenvalue weighted by Crippen LogP contribution is -2.61. The van der Waals surface area contributed by atoms with E-state index in [2.05, 4.69) is 6.58 Å². The van der Waals surface area contributed by atoms with Crippen LogP contribution in [0.4, 0.5) is 26.3 Å². The topological polar surface area (TPSA) is 55.8 Å². The van der Waals surface area contributed by atoms with Gasteiger partial charge in [-0.25, -0.2) is 4.79 Å². The van der Waals surface area contributed by atoms with E-state index in [1.54, 1.807) is 6.92 Å². The van der Waals surface area contributed by atoms with Crippen molar-refractivity contribution in [3.8, 4) is 0 Å². The minimum Gasteiger partial charge on any atom is -0.459 e. The van der Waals surface area contributed by atoms with E-state index in [0.717, 1.165) is 0 Å². The molecule has 2 bridgehead atoms. The Kier molecular flexibility index (Phi) is 5.66. The maximum absolute atomic E-state index is 12.9. The van der Waals surface area contributed by atoms with Crippen LogP contribution in [0.1, 0.15) is 39.5 Å². The van der Waals surface area contributed by atoms with Crippen LogP contribution in [-0.2, 0) is 14.3 Å². The number of carbonyl (C=O) groups excluding carboxylic acids is 1. The van der Waals surface area contributed by atoms with E-state index in [9.17, 15) is 36.2 Å². The van der Waals surface area contributed by atoms with Gasteiger partial charge in [-0.3, -0.25) is 0 Å². The maximum atomic E-state index is 12.9. The highest BCUT2D eigenvalue weighted by Gasteiger charge is 2.71. The first-order valence-corrected chi connectivity index (χ1v) is 8.53.